The van der Waals surface area contributed by atoms with Crippen molar-refractivity contribution in [3.05, 3.63) is 90.0 Å². The summed E-state index contributed by atoms with van der Waals surface area (Å²) in [5.74, 6) is 1.06. The standard InChI is InChI=1S/C24H24N2O3S/c1-3-29-21-13-15-22(16-14-21)30(27,28)25-24(19-9-5-4-6-10-19)26-18(2)17-20-11-7-8-12-23(20)26/h4-16,18H,3,17H2,1-2H3/b25-24-. The van der Waals surface area contributed by atoms with E-state index >= 15 is 0 Å². The predicted octanol–water partition coefficient (Wildman–Crippen LogP) is 4.67. The molecule has 6 heteroatoms. The molecule has 154 valence electrons. The van der Waals surface area contributed by atoms with E-state index in [0.29, 0.717) is 18.2 Å². The van der Waals surface area contributed by atoms with Crippen molar-refractivity contribution in [3.8, 4) is 5.75 Å². The monoisotopic (exact) mass is 420 g/mol. The van der Waals surface area contributed by atoms with Gasteiger partial charge in [0, 0.05) is 17.3 Å². The van der Waals surface area contributed by atoms with Crippen LogP contribution >= 0.6 is 0 Å². The smallest absolute Gasteiger partial charge is 0.284 e. The van der Waals surface area contributed by atoms with Gasteiger partial charge in [-0.25, -0.2) is 0 Å². The highest BCUT2D eigenvalue weighted by Gasteiger charge is 2.31. The Morgan fingerprint density at radius 3 is 2.37 bits per heavy atom. The van der Waals surface area contributed by atoms with Gasteiger partial charge in [0.25, 0.3) is 10.0 Å². The van der Waals surface area contributed by atoms with Crippen molar-refractivity contribution >= 4 is 21.5 Å². The lowest BCUT2D eigenvalue weighted by Gasteiger charge is -2.26. The minimum Gasteiger partial charge on any atom is -0.494 e. The molecule has 1 aliphatic heterocycles. The Kier molecular flexibility index (Phi) is 5.59. The van der Waals surface area contributed by atoms with Gasteiger partial charge < -0.3 is 9.64 Å². The lowest BCUT2D eigenvalue weighted by atomic mass is 10.1. The van der Waals surface area contributed by atoms with Gasteiger partial charge in [-0.3, -0.25) is 0 Å². The van der Waals surface area contributed by atoms with Crippen LogP contribution in [0.4, 0.5) is 5.69 Å². The highest BCUT2D eigenvalue weighted by molar-refractivity contribution is 7.90. The molecular weight excluding hydrogens is 396 g/mol. The van der Waals surface area contributed by atoms with E-state index in [4.69, 9.17) is 4.74 Å². The van der Waals surface area contributed by atoms with Gasteiger partial charge in [-0.15, -0.1) is 4.40 Å². The van der Waals surface area contributed by atoms with Crippen LogP contribution < -0.4 is 9.64 Å². The minimum absolute atomic E-state index is 0.0943. The Balaban J connectivity index is 1.82. The molecule has 0 radical (unpaired) electrons. The number of fused-ring (bicyclic) bond motifs is 1. The average molecular weight is 421 g/mol. The zero-order valence-electron chi connectivity index (χ0n) is 17.0. The topological polar surface area (TPSA) is 59.0 Å². The number of amidine groups is 1. The normalized spacial score (nSPS) is 16.4. The number of benzene rings is 3. The maximum Gasteiger partial charge on any atom is 0.284 e. The summed E-state index contributed by atoms with van der Waals surface area (Å²) in [5.41, 5.74) is 2.94. The Bertz CT molecular complexity index is 1160. The fraction of sp³-hybridized carbons (Fsp3) is 0.208. The summed E-state index contributed by atoms with van der Waals surface area (Å²) in [4.78, 5) is 2.16. The SMILES string of the molecule is CCOc1ccc(S(=O)(=O)/N=C(/c2ccccc2)N2c3ccccc3CC2C)cc1. The Hall–Kier alpha value is -3.12. The van der Waals surface area contributed by atoms with Gasteiger partial charge in [0.15, 0.2) is 5.84 Å². The second-order valence-corrected chi connectivity index (χ2v) is 8.82. The molecule has 0 amide bonds. The second kappa shape index (κ2) is 8.32. The van der Waals surface area contributed by atoms with E-state index in [2.05, 4.69) is 17.4 Å². The molecule has 0 saturated carbocycles. The summed E-state index contributed by atoms with van der Waals surface area (Å²) >= 11 is 0. The van der Waals surface area contributed by atoms with Crippen molar-refractivity contribution in [2.75, 3.05) is 11.5 Å². The van der Waals surface area contributed by atoms with Crippen molar-refractivity contribution in [1.82, 2.24) is 0 Å². The van der Waals surface area contributed by atoms with Crippen LogP contribution in [0, 0.1) is 0 Å². The first-order valence-corrected chi connectivity index (χ1v) is 11.4. The Labute approximate surface area is 177 Å². The van der Waals surface area contributed by atoms with Gasteiger partial charge in [0.2, 0.25) is 0 Å². The van der Waals surface area contributed by atoms with Crippen molar-refractivity contribution in [2.24, 2.45) is 4.40 Å². The number of hydrogen-bond acceptors (Lipinski definition) is 3. The Morgan fingerprint density at radius 1 is 1.00 bits per heavy atom. The number of sulfonamides is 1. The van der Waals surface area contributed by atoms with E-state index in [1.807, 2.05) is 60.4 Å². The highest BCUT2D eigenvalue weighted by atomic mass is 32.2. The molecule has 0 saturated heterocycles. The van der Waals surface area contributed by atoms with Gasteiger partial charge in [-0.2, -0.15) is 8.42 Å². The molecule has 0 N–H and O–H groups in total. The van der Waals surface area contributed by atoms with Crippen molar-refractivity contribution in [2.45, 2.75) is 31.2 Å². The van der Waals surface area contributed by atoms with Crippen molar-refractivity contribution in [3.63, 3.8) is 0 Å². The summed E-state index contributed by atoms with van der Waals surface area (Å²) in [6, 6.07) is 24.0. The largest absolute Gasteiger partial charge is 0.494 e. The molecule has 0 bridgehead atoms. The first kappa shape index (κ1) is 20.2. The maximum atomic E-state index is 13.2. The molecule has 1 heterocycles. The fourth-order valence-corrected chi connectivity index (χ4v) is 4.76. The van der Waals surface area contributed by atoms with Gasteiger partial charge in [0.1, 0.15) is 5.75 Å². The van der Waals surface area contributed by atoms with Gasteiger partial charge in [-0.05, 0) is 56.2 Å². The number of ether oxygens (including phenoxy) is 1. The van der Waals surface area contributed by atoms with Gasteiger partial charge >= 0.3 is 0 Å². The summed E-state index contributed by atoms with van der Waals surface area (Å²) < 4.78 is 36.2. The van der Waals surface area contributed by atoms with E-state index in [9.17, 15) is 8.42 Å². The lowest BCUT2D eigenvalue weighted by Crippen LogP contribution is -2.37. The number of para-hydroxylation sites is 1. The quantitative estimate of drug-likeness (QED) is 0.444. The van der Waals surface area contributed by atoms with Crippen LogP contribution in [0.5, 0.6) is 5.75 Å². The molecule has 0 aliphatic carbocycles. The number of nitrogens with zero attached hydrogens (tertiary/aromatic N) is 2. The molecule has 3 aromatic carbocycles. The average Bonchev–Trinajstić information content (AvgIpc) is 3.09. The van der Waals surface area contributed by atoms with Gasteiger partial charge in [0.05, 0.1) is 11.5 Å². The molecule has 0 aromatic heterocycles. The van der Waals surface area contributed by atoms with Crippen LogP contribution in [0.1, 0.15) is 25.0 Å². The van der Waals surface area contributed by atoms with Crippen LogP contribution in [0.25, 0.3) is 0 Å². The minimum atomic E-state index is -3.91. The summed E-state index contributed by atoms with van der Waals surface area (Å²) in [6.07, 6.45) is 0.838. The third-order valence-corrected chi connectivity index (χ3v) is 6.39. The number of anilines is 1. The summed E-state index contributed by atoms with van der Waals surface area (Å²) in [7, 11) is -3.91. The summed E-state index contributed by atoms with van der Waals surface area (Å²) in [6.45, 7) is 4.49. The van der Waals surface area contributed by atoms with Crippen LogP contribution in [0.2, 0.25) is 0 Å². The maximum absolute atomic E-state index is 13.2. The molecule has 30 heavy (non-hydrogen) atoms. The molecule has 0 spiro atoms. The first-order chi connectivity index (χ1) is 14.5. The molecule has 1 atom stereocenters. The van der Waals surface area contributed by atoms with Crippen LogP contribution in [-0.4, -0.2) is 26.9 Å². The van der Waals surface area contributed by atoms with Gasteiger partial charge in [-0.1, -0.05) is 48.5 Å². The predicted molar refractivity (Wildman–Crippen MR) is 120 cm³/mol. The number of hydrogen-bond donors (Lipinski definition) is 0. The molecule has 1 aliphatic rings. The zero-order chi connectivity index (χ0) is 21.1. The third kappa shape index (κ3) is 3.96. The fourth-order valence-electron chi connectivity index (χ4n) is 3.75. The van der Waals surface area contributed by atoms with Crippen molar-refractivity contribution < 1.29 is 13.2 Å². The second-order valence-electron chi connectivity index (χ2n) is 7.21. The lowest BCUT2D eigenvalue weighted by molar-refractivity contribution is 0.340. The van der Waals surface area contributed by atoms with Crippen LogP contribution in [0.3, 0.4) is 0 Å². The zero-order valence-corrected chi connectivity index (χ0v) is 17.8. The first-order valence-electron chi connectivity index (χ1n) is 10.00. The molecule has 1 unspecified atom stereocenters. The Morgan fingerprint density at radius 2 is 1.67 bits per heavy atom. The molecular formula is C24H24N2O3S. The highest BCUT2D eigenvalue weighted by Crippen LogP contribution is 2.34. The number of rotatable bonds is 5. The molecule has 3 aromatic rings. The third-order valence-electron chi connectivity index (χ3n) is 5.11. The van der Waals surface area contributed by atoms with E-state index in [0.717, 1.165) is 17.7 Å². The van der Waals surface area contributed by atoms with E-state index in [-0.39, 0.29) is 10.9 Å². The van der Waals surface area contributed by atoms with E-state index in [1.165, 1.54) is 17.7 Å². The van der Waals surface area contributed by atoms with Crippen molar-refractivity contribution in [1.29, 1.82) is 0 Å². The molecule has 4 rings (SSSR count). The van der Waals surface area contributed by atoms with Crippen LogP contribution in [0.15, 0.2) is 88.2 Å². The molecule has 0 fully saturated rings. The van der Waals surface area contributed by atoms with E-state index in [1.54, 1.807) is 12.1 Å². The summed E-state index contributed by atoms with van der Waals surface area (Å²) in [5, 5.41) is 0. The molecule has 5 nitrogen and oxygen atoms in total. The van der Waals surface area contributed by atoms with Crippen LogP contribution in [-0.2, 0) is 16.4 Å². The van der Waals surface area contributed by atoms with E-state index < -0.39 is 10.0 Å².